The molecule has 0 saturated heterocycles. The molecule has 0 heterocycles. The average Bonchev–Trinajstić information content (AvgIpc) is 2.72. The van der Waals surface area contributed by atoms with Crippen LogP contribution in [0.1, 0.15) is 27.9 Å². The van der Waals surface area contributed by atoms with E-state index in [1.807, 2.05) is 30.3 Å². The number of nitro benzene ring substituents is 1. The van der Waals surface area contributed by atoms with Crippen molar-refractivity contribution in [1.29, 1.82) is 0 Å². The summed E-state index contributed by atoms with van der Waals surface area (Å²) < 4.78 is 9.65. The lowest BCUT2D eigenvalue weighted by molar-refractivity contribution is -0.385. The van der Waals surface area contributed by atoms with Gasteiger partial charge in [-0.15, -0.1) is 0 Å². The van der Waals surface area contributed by atoms with Gasteiger partial charge in [-0.2, -0.15) is 0 Å². The van der Waals surface area contributed by atoms with Crippen LogP contribution in [0.2, 0.25) is 0 Å². The third-order valence-electron chi connectivity index (χ3n) is 3.74. The zero-order valence-electron chi connectivity index (χ0n) is 15.3. The summed E-state index contributed by atoms with van der Waals surface area (Å²) in [5, 5.41) is 13.8. The van der Waals surface area contributed by atoms with Gasteiger partial charge in [0.2, 0.25) is 0 Å². The molecule has 0 aliphatic heterocycles. The van der Waals surface area contributed by atoms with Crippen molar-refractivity contribution in [3.63, 3.8) is 0 Å². The minimum atomic E-state index is -0.642. The van der Waals surface area contributed by atoms with E-state index in [0.29, 0.717) is 18.5 Å². The van der Waals surface area contributed by atoms with Crippen molar-refractivity contribution in [2.45, 2.75) is 13.0 Å². The minimum absolute atomic E-state index is 0.106. The van der Waals surface area contributed by atoms with E-state index in [2.05, 4.69) is 10.1 Å². The van der Waals surface area contributed by atoms with Crippen LogP contribution in [0.15, 0.2) is 54.6 Å². The molecule has 0 unspecified atom stereocenters. The van der Waals surface area contributed by atoms with Crippen LogP contribution in [-0.2, 0) is 16.1 Å². The maximum absolute atomic E-state index is 11.6. The lowest BCUT2D eigenvalue weighted by Crippen LogP contribution is -2.24. The Morgan fingerprint density at radius 2 is 1.93 bits per heavy atom. The quantitative estimate of drug-likeness (QED) is 0.322. The number of esters is 1. The molecule has 0 atom stereocenters. The van der Waals surface area contributed by atoms with E-state index in [1.165, 1.54) is 25.3 Å². The van der Waals surface area contributed by atoms with Gasteiger partial charge in [-0.1, -0.05) is 42.5 Å². The highest BCUT2D eigenvalue weighted by Gasteiger charge is 2.16. The molecule has 0 aliphatic rings. The van der Waals surface area contributed by atoms with Crippen LogP contribution >= 0.6 is 0 Å². The number of rotatable bonds is 8. The highest BCUT2D eigenvalue weighted by Crippen LogP contribution is 2.22. The molecule has 0 aromatic heterocycles. The average molecular weight is 384 g/mol. The number of ether oxygens (including phenoxy) is 2. The van der Waals surface area contributed by atoms with E-state index in [1.54, 1.807) is 12.2 Å². The molecule has 28 heavy (non-hydrogen) atoms. The number of hydrogen-bond acceptors (Lipinski definition) is 6. The molecule has 2 aromatic rings. The lowest BCUT2D eigenvalue weighted by atomic mass is 10.1. The number of hydrogen-bond donors (Lipinski definition) is 1. The Bertz CT molecular complexity index is 864. The molecular formula is C20H20N2O6. The Morgan fingerprint density at radius 1 is 1.18 bits per heavy atom. The van der Waals surface area contributed by atoms with Gasteiger partial charge in [0.25, 0.3) is 5.69 Å². The molecule has 2 aromatic carbocycles. The van der Waals surface area contributed by atoms with Crippen molar-refractivity contribution in [3.8, 4) is 0 Å². The van der Waals surface area contributed by atoms with E-state index >= 15 is 0 Å². The molecule has 0 saturated carbocycles. The summed E-state index contributed by atoms with van der Waals surface area (Å²) >= 11 is 0. The molecule has 0 radical (unpaired) electrons. The Hall–Kier alpha value is -3.68. The normalized spacial score (nSPS) is 10.5. The summed E-state index contributed by atoms with van der Waals surface area (Å²) in [5.41, 5.74) is 1.15. The number of methoxy groups -OCH3 is 1. The number of carbonyl (C=O) groups is 2. The van der Waals surface area contributed by atoms with Gasteiger partial charge >= 0.3 is 12.1 Å². The van der Waals surface area contributed by atoms with Gasteiger partial charge in [0.05, 0.1) is 23.2 Å². The second kappa shape index (κ2) is 10.5. The van der Waals surface area contributed by atoms with Crippen molar-refractivity contribution in [3.05, 3.63) is 81.4 Å². The largest absolute Gasteiger partial charge is 0.465 e. The predicted molar refractivity (Wildman–Crippen MR) is 103 cm³/mol. The summed E-state index contributed by atoms with van der Waals surface area (Å²) in [6, 6.07) is 13.4. The maximum Gasteiger partial charge on any atom is 0.407 e. The Kier molecular flexibility index (Phi) is 7.71. The fourth-order valence-electron chi connectivity index (χ4n) is 2.33. The van der Waals surface area contributed by atoms with E-state index in [4.69, 9.17) is 4.74 Å². The molecule has 2 rings (SSSR count). The molecule has 0 spiro atoms. The monoisotopic (exact) mass is 384 g/mol. The maximum atomic E-state index is 11.6. The molecule has 0 bridgehead atoms. The van der Waals surface area contributed by atoms with Crippen molar-refractivity contribution in [2.75, 3.05) is 13.7 Å². The number of carbonyl (C=O) groups excluding carboxylic acids is 2. The van der Waals surface area contributed by atoms with Crippen LogP contribution in [-0.4, -0.2) is 30.6 Å². The van der Waals surface area contributed by atoms with Crippen molar-refractivity contribution < 1.29 is 24.0 Å². The van der Waals surface area contributed by atoms with Crippen LogP contribution in [0.25, 0.3) is 6.08 Å². The SMILES string of the molecule is COC(=O)c1ccc(C=CCCNC(=O)OCc2ccccc2)c([N+](=O)[O-])c1. The van der Waals surface area contributed by atoms with Gasteiger partial charge in [-0.25, -0.2) is 9.59 Å². The predicted octanol–water partition coefficient (Wildman–Crippen LogP) is 3.71. The number of amides is 1. The second-order valence-electron chi connectivity index (χ2n) is 5.70. The molecule has 0 fully saturated rings. The van der Waals surface area contributed by atoms with E-state index < -0.39 is 17.0 Å². The topological polar surface area (TPSA) is 108 Å². The van der Waals surface area contributed by atoms with Gasteiger partial charge in [0.15, 0.2) is 0 Å². The Balaban J connectivity index is 1.83. The van der Waals surface area contributed by atoms with Crippen LogP contribution in [0, 0.1) is 10.1 Å². The standard InChI is InChI=1S/C20H20N2O6/c1-27-19(23)17-11-10-16(18(13-17)22(25)26)9-5-6-12-21-20(24)28-14-15-7-3-2-4-8-15/h2-5,7-11,13H,6,12,14H2,1H3,(H,21,24). The first-order chi connectivity index (χ1) is 13.5. The van der Waals surface area contributed by atoms with Gasteiger partial charge in [-0.3, -0.25) is 10.1 Å². The Morgan fingerprint density at radius 3 is 2.61 bits per heavy atom. The molecule has 8 heteroatoms. The lowest BCUT2D eigenvalue weighted by Gasteiger charge is -2.06. The third kappa shape index (κ3) is 6.24. The highest BCUT2D eigenvalue weighted by atomic mass is 16.6. The summed E-state index contributed by atoms with van der Waals surface area (Å²) in [4.78, 5) is 33.8. The summed E-state index contributed by atoms with van der Waals surface area (Å²) in [6.45, 7) is 0.499. The van der Waals surface area contributed by atoms with Crippen molar-refractivity contribution in [2.24, 2.45) is 0 Å². The first-order valence-corrected chi connectivity index (χ1v) is 8.49. The number of nitrogens with zero attached hydrogens (tertiary/aromatic N) is 1. The fourth-order valence-corrected chi connectivity index (χ4v) is 2.33. The van der Waals surface area contributed by atoms with E-state index in [0.717, 1.165) is 5.56 Å². The van der Waals surface area contributed by atoms with Crippen LogP contribution in [0.3, 0.4) is 0 Å². The van der Waals surface area contributed by atoms with Gasteiger partial charge in [0, 0.05) is 12.6 Å². The summed E-state index contributed by atoms with van der Waals surface area (Å²) in [5.74, 6) is -0.642. The first-order valence-electron chi connectivity index (χ1n) is 8.49. The van der Waals surface area contributed by atoms with Crippen LogP contribution < -0.4 is 5.32 Å². The minimum Gasteiger partial charge on any atom is -0.465 e. The Labute approximate surface area is 161 Å². The smallest absolute Gasteiger partial charge is 0.407 e. The van der Waals surface area contributed by atoms with Gasteiger partial charge in [0.1, 0.15) is 6.61 Å². The zero-order valence-corrected chi connectivity index (χ0v) is 15.3. The zero-order chi connectivity index (χ0) is 20.4. The molecule has 8 nitrogen and oxygen atoms in total. The summed E-state index contributed by atoms with van der Waals surface area (Å²) in [7, 11) is 1.21. The summed E-state index contributed by atoms with van der Waals surface area (Å²) in [6.07, 6.45) is 3.18. The molecular weight excluding hydrogens is 364 g/mol. The van der Waals surface area contributed by atoms with Gasteiger partial charge in [-0.05, 0) is 24.1 Å². The number of nitrogens with one attached hydrogen (secondary N) is 1. The van der Waals surface area contributed by atoms with Crippen molar-refractivity contribution >= 4 is 23.8 Å². The fraction of sp³-hybridized carbons (Fsp3) is 0.200. The van der Waals surface area contributed by atoms with E-state index in [9.17, 15) is 19.7 Å². The van der Waals surface area contributed by atoms with Crippen LogP contribution in [0.4, 0.5) is 10.5 Å². The molecule has 1 N–H and O–H groups in total. The molecule has 0 aliphatic carbocycles. The number of alkyl carbamates (subject to hydrolysis) is 1. The molecule has 146 valence electrons. The van der Waals surface area contributed by atoms with Crippen LogP contribution in [0.5, 0.6) is 0 Å². The molecule has 1 amide bonds. The number of benzene rings is 2. The van der Waals surface area contributed by atoms with Crippen molar-refractivity contribution in [1.82, 2.24) is 5.32 Å². The first kappa shape index (κ1) is 20.6. The number of nitro groups is 1. The van der Waals surface area contributed by atoms with Gasteiger partial charge < -0.3 is 14.8 Å². The third-order valence-corrected chi connectivity index (χ3v) is 3.74. The highest BCUT2D eigenvalue weighted by molar-refractivity contribution is 5.90. The second-order valence-corrected chi connectivity index (χ2v) is 5.70. The van der Waals surface area contributed by atoms with E-state index in [-0.39, 0.29) is 17.9 Å².